The second-order valence-electron chi connectivity index (χ2n) is 4.39. The van der Waals surface area contributed by atoms with Gasteiger partial charge in [-0.3, -0.25) is 0 Å². The minimum absolute atomic E-state index is 0.184. The van der Waals surface area contributed by atoms with Gasteiger partial charge in [-0.25, -0.2) is 5.84 Å². The zero-order valence-electron chi connectivity index (χ0n) is 10.9. The maximum Gasteiger partial charge on any atom is 0.223 e. The van der Waals surface area contributed by atoms with Crippen molar-refractivity contribution >= 4 is 17.6 Å². The van der Waals surface area contributed by atoms with Gasteiger partial charge in [0.2, 0.25) is 5.95 Å². The molecule has 0 aliphatic carbocycles. The van der Waals surface area contributed by atoms with Crippen LogP contribution in [0.4, 0.5) is 17.6 Å². The van der Waals surface area contributed by atoms with E-state index < -0.39 is 0 Å². The standard InChI is InChI=1S/C11H22N6O/c1-8(2)7-18-5-3-4-14-9-6-10(17-13)16-11(12)15-9/h6,8H,3-5,7,13H2,1-2H3,(H4,12,14,15,16,17). The van der Waals surface area contributed by atoms with Crippen LogP contribution in [-0.4, -0.2) is 29.7 Å². The van der Waals surface area contributed by atoms with Gasteiger partial charge in [-0.2, -0.15) is 9.97 Å². The molecular formula is C11H22N6O. The molecular weight excluding hydrogens is 232 g/mol. The third-order valence-corrected chi connectivity index (χ3v) is 2.11. The van der Waals surface area contributed by atoms with Gasteiger partial charge in [-0.1, -0.05) is 13.8 Å². The van der Waals surface area contributed by atoms with Gasteiger partial charge in [0.25, 0.3) is 0 Å². The second-order valence-corrected chi connectivity index (χ2v) is 4.39. The van der Waals surface area contributed by atoms with Crippen LogP contribution in [0.3, 0.4) is 0 Å². The first kappa shape index (κ1) is 14.5. The van der Waals surface area contributed by atoms with E-state index in [1.165, 1.54) is 0 Å². The monoisotopic (exact) mass is 254 g/mol. The number of ether oxygens (including phenoxy) is 1. The molecule has 6 N–H and O–H groups in total. The van der Waals surface area contributed by atoms with Crippen LogP contribution in [0.15, 0.2) is 6.07 Å². The fourth-order valence-corrected chi connectivity index (χ4v) is 1.34. The summed E-state index contributed by atoms with van der Waals surface area (Å²) in [5.41, 5.74) is 7.97. The van der Waals surface area contributed by atoms with Crippen LogP contribution >= 0.6 is 0 Å². The summed E-state index contributed by atoms with van der Waals surface area (Å²) in [7, 11) is 0. The summed E-state index contributed by atoms with van der Waals surface area (Å²) in [6.07, 6.45) is 0.905. The summed E-state index contributed by atoms with van der Waals surface area (Å²) < 4.78 is 5.47. The van der Waals surface area contributed by atoms with Gasteiger partial charge in [0, 0.05) is 25.8 Å². The van der Waals surface area contributed by atoms with Gasteiger partial charge in [-0.05, 0) is 12.3 Å². The predicted octanol–water partition coefficient (Wildman–Crippen LogP) is 0.819. The molecule has 102 valence electrons. The van der Waals surface area contributed by atoms with Crippen molar-refractivity contribution < 1.29 is 4.74 Å². The SMILES string of the molecule is CC(C)COCCCNc1cc(NN)nc(N)n1. The van der Waals surface area contributed by atoms with E-state index in [9.17, 15) is 0 Å². The van der Waals surface area contributed by atoms with E-state index in [2.05, 4.69) is 34.6 Å². The van der Waals surface area contributed by atoms with Gasteiger partial charge in [0.15, 0.2) is 0 Å². The summed E-state index contributed by atoms with van der Waals surface area (Å²) in [5, 5.41) is 3.14. The molecule has 0 amide bonds. The number of aromatic nitrogens is 2. The largest absolute Gasteiger partial charge is 0.381 e. The summed E-state index contributed by atoms with van der Waals surface area (Å²) >= 11 is 0. The van der Waals surface area contributed by atoms with Crippen LogP contribution in [0.1, 0.15) is 20.3 Å². The number of anilines is 3. The summed E-state index contributed by atoms with van der Waals surface area (Å²) in [5.74, 6) is 7.16. The molecule has 1 heterocycles. The molecule has 0 saturated heterocycles. The van der Waals surface area contributed by atoms with Crippen molar-refractivity contribution in [3.8, 4) is 0 Å². The molecule has 0 spiro atoms. The Labute approximate surface area is 107 Å². The number of rotatable bonds is 8. The smallest absolute Gasteiger partial charge is 0.223 e. The number of nitrogens with zero attached hydrogens (tertiary/aromatic N) is 2. The number of nitrogens with two attached hydrogens (primary N) is 2. The van der Waals surface area contributed by atoms with Crippen molar-refractivity contribution in [1.82, 2.24) is 9.97 Å². The highest BCUT2D eigenvalue weighted by Crippen LogP contribution is 2.10. The molecule has 1 aromatic heterocycles. The first-order valence-corrected chi connectivity index (χ1v) is 6.04. The van der Waals surface area contributed by atoms with E-state index >= 15 is 0 Å². The van der Waals surface area contributed by atoms with E-state index in [0.717, 1.165) is 26.2 Å². The lowest BCUT2D eigenvalue weighted by atomic mass is 10.2. The molecule has 7 nitrogen and oxygen atoms in total. The summed E-state index contributed by atoms with van der Waals surface area (Å²) in [6, 6.07) is 1.70. The van der Waals surface area contributed by atoms with Crippen molar-refractivity contribution in [2.75, 3.05) is 36.2 Å². The first-order valence-electron chi connectivity index (χ1n) is 6.04. The van der Waals surface area contributed by atoms with Crippen LogP contribution in [0.2, 0.25) is 0 Å². The minimum Gasteiger partial charge on any atom is -0.381 e. The van der Waals surface area contributed by atoms with E-state index in [0.29, 0.717) is 17.6 Å². The van der Waals surface area contributed by atoms with Crippen LogP contribution in [0, 0.1) is 5.92 Å². The summed E-state index contributed by atoms with van der Waals surface area (Å²) in [6.45, 7) is 6.54. The minimum atomic E-state index is 0.184. The van der Waals surface area contributed by atoms with E-state index in [1.807, 2.05) is 0 Å². The number of nitrogen functional groups attached to an aromatic ring is 2. The van der Waals surface area contributed by atoms with E-state index in [4.69, 9.17) is 16.3 Å². The Balaban J connectivity index is 2.24. The lowest BCUT2D eigenvalue weighted by molar-refractivity contribution is 0.110. The predicted molar refractivity (Wildman–Crippen MR) is 73.0 cm³/mol. The number of hydrogen-bond donors (Lipinski definition) is 4. The molecule has 0 aliphatic heterocycles. The Morgan fingerprint density at radius 1 is 1.33 bits per heavy atom. The zero-order valence-corrected chi connectivity index (χ0v) is 10.9. The average molecular weight is 254 g/mol. The van der Waals surface area contributed by atoms with Gasteiger partial charge in [0.1, 0.15) is 11.6 Å². The van der Waals surface area contributed by atoms with Crippen LogP contribution in [0.5, 0.6) is 0 Å². The molecule has 0 radical (unpaired) electrons. The zero-order chi connectivity index (χ0) is 13.4. The fraction of sp³-hybridized carbons (Fsp3) is 0.636. The highest BCUT2D eigenvalue weighted by molar-refractivity contribution is 5.50. The van der Waals surface area contributed by atoms with Crippen LogP contribution < -0.4 is 22.3 Å². The second kappa shape index (κ2) is 7.67. The fourth-order valence-electron chi connectivity index (χ4n) is 1.34. The Kier molecular flexibility index (Phi) is 6.16. The molecule has 1 rings (SSSR count). The third kappa shape index (κ3) is 5.65. The third-order valence-electron chi connectivity index (χ3n) is 2.11. The molecule has 0 aromatic carbocycles. The maximum atomic E-state index is 5.54. The van der Waals surface area contributed by atoms with Crippen molar-refractivity contribution in [1.29, 1.82) is 0 Å². The quantitative estimate of drug-likeness (QED) is 0.309. The molecule has 0 aliphatic rings. The Bertz CT molecular complexity index is 357. The molecule has 18 heavy (non-hydrogen) atoms. The average Bonchev–Trinajstić information content (AvgIpc) is 2.32. The maximum absolute atomic E-state index is 5.54. The lowest BCUT2D eigenvalue weighted by Crippen LogP contribution is -2.13. The molecule has 0 bridgehead atoms. The Morgan fingerprint density at radius 3 is 2.72 bits per heavy atom. The molecule has 0 unspecified atom stereocenters. The number of hydrazine groups is 1. The normalized spacial score (nSPS) is 10.7. The highest BCUT2D eigenvalue weighted by Gasteiger charge is 2.00. The Morgan fingerprint density at radius 2 is 2.06 bits per heavy atom. The van der Waals surface area contributed by atoms with E-state index in [1.54, 1.807) is 6.07 Å². The van der Waals surface area contributed by atoms with Crippen molar-refractivity contribution in [3.63, 3.8) is 0 Å². The van der Waals surface area contributed by atoms with Gasteiger partial charge < -0.3 is 21.2 Å². The molecule has 0 saturated carbocycles. The van der Waals surface area contributed by atoms with Crippen LogP contribution in [0.25, 0.3) is 0 Å². The topological polar surface area (TPSA) is 111 Å². The molecule has 0 fully saturated rings. The van der Waals surface area contributed by atoms with Gasteiger partial charge in [0.05, 0.1) is 0 Å². The van der Waals surface area contributed by atoms with Gasteiger partial charge >= 0.3 is 0 Å². The molecule has 1 aromatic rings. The van der Waals surface area contributed by atoms with Crippen LogP contribution in [-0.2, 0) is 4.74 Å². The van der Waals surface area contributed by atoms with Crippen molar-refractivity contribution in [2.24, 2.45) is 11.8 Å². The van der Waals surface area contributed by atoms with Crippen molar-refractivity contribution in [3.05, 3.63) is 6.07 Å². The number of nitrogens with one attached hydrogen (secondary N) is 2. The number of hydrogen-bond acceptors (Lipinski definition) is 7. The molecule has 0 atom stereocenters. The lowest BCUT2D eigenvalue weighted by Gasteiger charge is -2.09. The molecule has 7 heteroatoms. The van der Waals surface area contributed by atoms with Crippen molar-refractivity contribution in [2.45, 2.75) is 20.3 Å². The summed E-state index contributed by atoms with van der Waals surface area (Å²) in [4.78, 5) is 7.94. The first-order chi connectivity index (χ1) is 8.61. The van der Waals surface area contributed by atoms with Gasteiger partial charge in [-0.15, -0.1) is 0 Å². The highest BCUT2D eigenvalue weighted by atomic mass is 16.5. The Hall–Kier alpha value is -1.60. The van der Waals surface area contributed by atoms with E-state index in [-0.39, 0.29) is 5.95 Å².